The predicted octanol–water partition coefficient (Wildman–Crippen LogP) is 3.57. The van der Waals surface area contributed by atoms with Crippen LogP contribution in [0.25, 0.3) is 0 Å². The number of aryl methyl sites for hydroxylation is 2. The highest BCUT2D eigenvalue weighted by molar-refractivity contribution is 5.89. The minimum atomic E-state index is -0.149. The van der Waals surface area contributed by atoms with E-state index in [0.717, 1.165) is 5.69 Å². The maximum Gasteiger partial charge on any atom is 0.319 e. The lowest BCUT2D eigenvalue weighted by molar-refractivity contribution is 0.252. The van der Waals surface area contributed by atoms with Crippen molar-refractivity contribution in [2.75, 3.05) is 11.9 Å². The van der Waals surface area contributed by atoms with E-state index in [1.807, 2.05) is 19.1 Å². The van der Waals surface area contributed by atoms with Gasteiger partial charge in [-0.2, -0.15) is 0 Å². The average Bonchev–Trinajstić information content (AvgIpc) is 2.15. The normalized spacial score (nSPS) is 10.5. The number of amides is 2. The highest BCUT2D eigenvalue weighted by atomic mass is 16.2. The third kappa shape index (κ3) is 3.48. The quantitative estimate of drug-likeness (QED) is 0.824. The van der Waals surface area contributed by atoms with Crippen LogP contribution in [-0.2, 0) is 0 Å². The second-order valence-corrected chi connectivity index (χ2v) is 4.66. The number of urea groups is 1. The maximum atomic E-state index is 11.4. The Balaban J connectivity index is 2.94. The standard InChI is InChI=1S/C14H22N2O/c1-6-15-14(17)16-12-7-10(4)13(9(2)3)11(5)8-12/h7-9H,6H2,1-5H3,(H2,15,16,17). The molecule has 1 rings (SSSR count). The van der Waals surface area contributed by atoms with Crippen molar-refractivity contribution in [1.29, 1.82) is 0 Å². The molecule has 0 atom stereocenters. The average molecular weight is 234 g/mol. The van der Waals surface area contributed by atoms with Crippen molar-refractivity contribution in [2.24, 2.45) is 0 Å². The molecule has 0 aliphatic heterocycles. The van der Waals surface area contributed by atoms with Crippen LogP contribution in [0.15, 0.2) is 12.1 Å². The number of carbonyl (C=O) groups excluding carboxylic acids is 1. The van der Waals surface area contributed by atoms with Crippen LogP contribution < -0.4 is 10.6 Å². The van der Waals surface area contributed by atoms with E-state index >= 15 is 0 Å². The van der Waals surface area contributed by atoms with Gasteiger partial charge in [0.1, 0.15) is 0 Å². The first-order valence-corrected chi connectivity index (χ1v) is 6.11. The van der Waals surface area contributed by atoms with Crippen molar-refractivity contribution in [1.82, 2.24) is 5.32 Å². The van der Waals surface area contributed by atoms with Crippen LogP contribution >= 0.6 is 0 Å². The lowest BCUT2D eigenvalue weighted by Crippen LogP contribution is -2.28. The van der Waals surface area contributed by atoms with Crippen LogP contribution in [0.3, 0.4) is 0 Å². The van der Waals surface area contributed by atoms with E-state index in [0.29, 0.717) is 12.5 Å². The molecule has 1 aromatic carbocycles. The Morgan fingerprint density at radius 3 is 2.18 bits per heavy atom. The van der Waals surface area contributed by atoms with Gasteiger partial charge in [-0.1, -0.05) is 13.8 Å². The molecule has 0 radical (unpaired) electrons. The van der Waals surface area contributed by atoms with Crippen molar-refractivity contribution in [2.45, 2.75) is 40.5 Å². The maximum absolute atomic E-state index is 11.4. The predicted molar refractivity (Wildman–Crippen MR) is 72.7 cm³/mol. The fraction of sp³-hybridized carbons (Fsp3) is 0.500. The summed E-state index contributed by atoms with van der Waals surface area (Å²) >= 11 is 0. The highest BCUT2D eigenvalue weighted by Gasteiger charge is 2.09. The minimum absolute atomic E-state index is 0.149. The van der Waals surface area contributed by atoms with Gasteiger partial charge in [0.2, 0.25) is 0 Å². The third-order valence-corrected chi connectivity index (χ3v) is 2.77. The van der Waals surface area contributed by atoms with E-state index in [2.05, 4.69) is 38.3 Å². The molecular formula is C14H22N2O. The molecule has 0 heterocycles. The Kier molecular flexibility index (Phi) is 4.55. The minimum Gasteiger partial charge on any atom is -0.338 e. The molecule has 0 saturated heterocycles. The zero-order valence-corrected chi connectivity index (χ0v) is 11.3. The Morgan fingerprint density at radius 1 is 1.24 bits per heavy atom. The molecule has 0 aliphatic carbocycles. The van der Waals surface area contributed by atoms with E-state index in [4.69, 9.17) is 0 Å². The molecule has 3 heteroatoms. The SMILES string of the molecule is CCNC(=O)Nc1cc(C)c(C(C)C)c(C)c1. The van der Waals surface area contributed by atoms with Crippen LogP contribution in [0.4, 0.5) is 10.5 Å². The van der Waals surface area contributed by atoms with Crippen LogP contribution in [0, 0.1) is 13.8 Å². The number of rotatable bonds is 3. The molecular weight excluding hydrogens is 212 g/mol. The van der Waals surface area contributed by atoms with Gasteiger partial charge < -0.3 is 10.6 Å². The van der Waals surface area contributed by atoms with E-state index in [1.54, 1.807) is 0 Å². The summed E-state index contributed by atoms with van der Waals surface area (Å²) in [5.74, 6) is 0.508. The van der Waals surface area contributed by atoms with Gasteiger partial charge in [0.25, 0.3) is 0 Å². The van der Waals surface area contributed by atoms with Gasteiger partial charge in [0.05, 0.1) is 0 Å². The Labute approximate surface area is 104 Å². The second kappa shape index (κ2) is 5.71. The molecule has 17 heavy (non-hydrogen) atoms. The summed E-state index contributed by atoms with van der Waals surface area (Å²) in [6.07, 6.45) is 0. The van der Waals surface area contributed by atoms with Gasteiger partial charge in [0, 0.05) is 12.2 Å². The number of anilines is 1. The Bertz CT molecular complexity index is 388. The zero-order chi connectivity index (χ0) is 13.0. The lowest BCUT2D eigenvalue weighted by atomic mass is 9.93. The molecule has 0 unspecified atom stereocenters. The molecule has 2 amide bonds. The molecule has 0 bridgehead atoms. The number of nitrogens with one attached hydrogen (secondary N) is 2. The first kappa shape index (κ1) is 13.6. The van der Waals surface area contributed by atoms with E-state index in [9.17, 15) is 4.79 Å². The summed E-state index contributed by atoms with van der Waals surface area (Å²) in [6, 6.07) is 3.90. The Hall–Kier alpha value is -1.51. The summed E-state index contributed by atoms with van der Waals surface area (Å²) in [4.78, 5) is 11.4. The number of carbonyl (C=O) groups is 1. The monoisotopic (exact) mass is 234 g/mol. The smallest absolute Gasteiger partial charge is 0.319 e. The fourth-order valence-electron chi connectivity index (χ4n) is 2.29. The number of hydrogen-bond donors (Lipinski definition) is 2. The molecule has 0 saturated carbocycles. The van der Waals surface area contributed by atoms with Gasteiger partial charge >= 0.3 is 6.03 Å². The molecule has 2 N–H and O–H groups in total. The fourth-order valence-corrected chi connectivity index (χ4v) is 2.29. The van der Waals surface area contributed by atoms with Crippen molar-refractivity contribution in [3.05, 3.63) is 28.8 Å². The van der Waals surface area contributed by atoms with E-state index < -0.39 is 0 Å². The highest BCUT2D eigenvalue weighted by Crippen LogP contribution is 2.26. The topological polar surface area (TPSA) is 41.1 Å². The van der Waals surface area contributed by atoms with Gasteiger partial charge in [-0.15, -0.1) is 0 Å². The van der Waals surface area contributed by atoms with Crippen LogP contribution in [0.1, 0.15) is 43.4 Å². The second-order valence-electron chi connectivity index (χ2n) is 4.66. The van der Waals surface area contributed by atoms with Crippen molar-refractivity contribution >= 4 is 11.7 Å². The largest absolute Gasteiger partial charge is 0.338 e. The lowest BCUT2D eigenvalue weighted by Gasteiger charge is -2.16. The van der Waals surface area contributed by atoms with Gasteiger partial charge in [-0.05, 0) is 55.5 Å². The van der Waals surface area contributed by atoms with E-state index in [-0.39, 0.29) is 6.03 Å². The van der Waals surface area contributed by atoms with Crippen molar-refractivity contribution in [3.63, 3.8) is 0 Å². The molecule has 0 spiro atoms. The molecule has 1 aromatic rings. The van der Waals surface area contributed by atoms with Gasteiger partial charge in [-0.3, -0.25) is 0 Å². The van der Waals surface area contributed by atoms with Gasteiger partial charge in [0.15, 0.2) is 0 Å². The van der Waals surface area contributed by atoms with Crippen LogP contribution in [0.5, 0.6) is 0 Å². The number of hydrogen-bond acceptors (Lipinski definition) is 1. The first-order chi connectivity index (χ1) is 7.95. The van der Waals surface area contributed by atoms with Crippen LogP contribution in [-0.4, -0.2) is 12.6 Å². The summed E-state index contributed by atoms with van der Waals surface area (Å²) < 4.78 is 0. The summed E-state index contributed by atoms with van der Waals surface area (Å²) in [5, 5.41) is 5.56. The first-order valence-electron chi connectivity index (χ1n) is 6.11. The number of benzene rings is 1. The molecule has 0 aromatic heterocycles. The molecule has 0 fully saturated rings. The van der Waals surface area contributed by atoms with E-state index in [1.165, 1.54) is 16.7 Å². The van der Waals surface area contributed by atoms with Crippen molar-refractivity contribution < 1.29 is 4.79 Å². The summed E-state index contributed by atoms with van der Waals surface area (Å²) in [7, 11) is 0. The summed E-state index contributed by atoms with van der Waals surface area (Å²) in [5.41, 5.74) is 4.68. The zero-order valence-electron chi connectivity index (χ0n) is 11.3. The van der Waals surface area contributed by atoms with Gasteiger partial charge in [-0.25, -0.2) is 4.79 Å². The van der Waals surface area contributed by atoms with Crippen molar-refractivity contribution in [3.8, 4) is 0 Å². The molecule has 0 aliphatic rings. The molecule has 3 nitrogen and oxygen atoms in total. The Morgan fingerprint density at radius 2 is 1.76 bits per heavy atom. The third-order valence-electron chi connectivity index (χ3n) is 2.77. The summed E-state index contributed by atoms with van der Waals surface area (Å²) in [6.45, 7) is 11.1. The molecule has 94 valence electrons. The van der Waals surface area contributed by atoms with Crippen LogP contribution in [0.2, 0.25) is 0 Å².